The number of carbonyl (C=O) groups excluding carboxylic acids is 2. The summed E-state index contributed by atoms with van der Waals surface area (Å²) in [5.41, 5.74) is 1.71. The lowest BCUT2D eigenvalue weighted by atomic mass is 10.1. The first kappa shape index (κ1) is 23.4. The van der Waals surface area contributed by atoms with Gasteiger partial charge in [0.2, 0.25) is 0 Å². The highest BCUT2D eigenvalue weighted by Gasteiger charge is 2.35. The van der Waals surface area contributed by atoms with Crippen molar-refractivity contribution in [2.75, 3.05) is 4.90 Å². The number of halogens is 3. The third kappa shape index (κ3) is 5.12. The molecular formula is C24H15BrCl2N2O3S. The molecule has 2 amide bonds. The maximum Gasteiger partial charge on any atom is 0.270 e. The van der Waals surface area contributed by atoms with Crippen LogP contribution in [0.25, 0.3) is 6.08 Å². The Labute approximate surface area is 214 Å². The predicted molar refractivity (Wildman–Crippen MR) is 138 cm³/mol. The number of amides is 2. The van der Waals surface area contributed by atoms with Gasteiger partial charge < -0.3 is 4.74 Å². The average molecular weight is 562 g/mol. The summed E-state index contributed by atoms with van der Waals surface area (Å²) in [6.07, 6.45) is 1.47. The lowest BCUT2D eigenvalue weighted by molar-refractivity contribution is -0.122. The van der Waals surface area contributed by atoms with Crippen molar-refractivity contribution < 1.29 is 14.3 Å². The highest BCUT2D eigenvalue weighted by atomic mass is 79.9. The smallest absolute Gasteiger partial charge is 0.270 e. The monoisotopic (exact) mass is 560 g/mol. The van der Waals surface area contributed by atoms with E-state index in [2.05, 4.69) is 21.2 Å². The molecule has 1 aliphatic heterocycles. The number of nitrogens with zero attached hydrogens (tertiary/aromatic N) is 1. The summed E-state index contributed by atoms with van der Waals surface area (Å²) in [6, 6.07) is 19.7. The number of anilines is 1. The molecular weight excluding hydrogens is 547 g/mol. The van der Waals surface area contributed by atoms with Crippen LogP contribution in [-0.2, 0) is 16.2 Å². The second-order valence-corrected chi connectivity index (χ2v) is 9.07. The van der Waals surface area contributed by atoms with Crippen LogP contribution in [0, 0.1) is 0 Å². The molecule has 9 heteroatoms. The zero-order chi connectivity index (χ0) is 23.5. The topological polar surface area (TPSA) is 58.6 Å². The van der Waals surface area contributed by atoms with Crippen LogP contribution in [-0.4, -0.2) is 16.9 Å². The fourth-order valence-electron chi connectivity index (χ4n) is 3.17. The number of para-hydroxylation sites is 1. The van der Waals surface area contributed by atoms with Crippen molar-refractivity contribution in [3.8, 4) is 5.75 Å². The van der Waals surface area contributed by atoms with Gasteiger partial charge in [-0.25, -0.2) is 0 Å². The SMILES string of the molecule is O=C1NC(=S)N(c2cccc(Cl)c2Cl)C(=O)/C1=C/c1ccccc1OCc1ccc(Br)cc1. The molecule has 33 heavy (non-hydrogen) atoms. The molecule has 1 fully saturated rings. The maximum atomic E-state index is 13.3. The molecule has 1 aliphatic rings. The van der Waals surface area contributed by atoms with Gasteiger partial charge in [-0.2, -0.15) is 0 Å². The van der Waals surface area contributed by atoms with Crippen LogP contribution in [0.15, 0.2) is 76.8 Å². The molecule has 0 aromatic heterocycles. The Bertz CT molecular complexity index is 1300. The van der Waals surface area contributed by atoms with Crippen LogP contribution < -0.4 is 15.0 Å². The molecule has 0 aliphatic carbocycles. The summed E-state index contributed by atoms with van der Waals surface area (Å²) in [5.74, 6) is -0.702. The molecule has 4 rings (SSSR count). The molecule has 3 aromatic carbocycles. The van der Waals surface area contributed by atoms with Gasteiger partial charge in [0.1, 0.15) is 17.9 Å². The van der Waals surface area contributed by atoms with E-state index in [1.54, 1.807) is 36.4 Å². The Kier molecular flexibility index (Phi) is 7.14. The average Bonchev–Trinajstić information content (AvgIpc) is 2.79. The van der Waals surface area contributed by atoms with Crippen molar-refractivity contribution in [1.82, 2.24) is 5.32 Å². The first-order valence-corrected chi connectivity index (χ1v) is 11.6. The summed E-state index contributed by atoms with van der Waals surface area (Å²) < 4.78 is 6.93. The van der Waals surface area contributed by atoms with Crippen molar-refractivity contribution in [3.05, 3.63) is 97.9 Å². The van der Waals surface area contributed by atoms with E-state index in [-0.39, 0.29) is 26.4 Å². The molecule has 0 saturated carbocycles. The van der Waals surface area contributed by atoms with Gasteiger partial charge in [-0.1, -0.05) is 75.5 Å². The maximum absolute atomic E-state index is 13.3. The van der Waals surface area contributed by atoms with Crippen molar-refractivity contribution >= 4 is 80.0 Å². The number of hydrogen-bond acceptors (Lipinski definition) is 4. The number of carbonyl (C=O) groups is 2. The highest BCUT2D eigenvalue weighted by Crippen LogP contribution is 2.34. The fourth-order valence-corrected chi connectivity index (χ4v) is 4.09. The fraction of sp³-hybridized carbons (Fsp3) is 0.0417. The summed E-state index contributed by atoms with van der Waals surface area (Å²) in [4.78, 5) is 27.1. The summed E-state index contributed by atoms with van der Waals surface area (Å²) in [7, 11) is 0. The summed E-state index contributed by atoms with van der Waals surface area (Å²) >= 11 is 21.0. The predicted octanol–water partition coefficient (Wildman–Crippen LogP) is 6.17. The van der Waals surface area contributed by atoms with Crippen molar-refractivity contribution in [2.45, 2.75) is 6.61 Å². The number of hydrogen-bond donors (Lipinski definition) is 1. The third-order valence-corrected chi connectivity index (χ3v) is 6.42. The minimum atomic E-state index is -0.615. The van der Waals surface area contributed by atoms with Crippen molar-refractivity contribution in [1.29, 1.82) is 0 Å². The van der Waals surface area contributed by atoms with Gasteiger partial charge in [-0.15, -0.1) is 0 Å². The van der Waals surface area contributed by atoms with E-state index < -0.39 is 11.8 Å². The minimum absolute atomic E-state index is 0.0777. The van der Waals surface area contributed by atoms with Gasteiger partial charge in [-0.05, 0) is 54.2 Å². The van der Waals surface area contributed by atoms with Gasteiger partial charge in [0, 0.05) is 10.0 Å². The first-order valence-electron chi connectivity index (χ1n) is 9.67. The first-order chi connectivity index (χ1) is 15.8. The molecule has 0 atom stereocenters. The van der Waals surface area contributed by atoms with E-state index in [1.807, 2.05) is 30.3 Å². The molecule has 3 aromatic rings. The zero-order valence-corrected chi connectivity index (χ0v) is 20.8. The minimum Gasteiger partial charge on any atom is -0.488 e. The molecule has 0 spiro atoms. The van der Waals surface area contributed by atoms with E-state index in [9.17, 15) is 9.59 Å². The van der Waals surface area contributed by atoms with Gasteiger partial charge >= 0.3 is 0 Å². The van der Waals surface area contributed by atoms with Gasteiger partial charge in [0.15, 0.2) is 5.11 Å². The number of thiocarbonyl (C=S) groups is 1. The van der Waals surface area contributed by atoms with Crippen LogP contribution in [0.2, 0.25) is 10.0 Å². The molecule has 1 saturated heterocycles. The van der Waals surface area contributed by atoms with Crippen molar-refractivity contribution in [3.63, 3.8) is 0 Å². The molecule has 5 nitrogen and oxygen atoms in total. The molecule has 1 N–H and O–H groups in total. The van der Waals surface area contributed by atoms with E-state index in [1.165, 1.54) is 6.08 Å². The lowest BCUT2D eigenvalue weighted by Gasteiger charge is -2.29. The Morgan fingerprint density at radius 3 is 2.48 bits per heavy atom. The zero-order valence-electron chi connectivity index (χ0n) is 16.8. The standard InChI is InChI=1S/C24H15BrCl2N2O3S/c25-16-10-8-14(9-11-16)13-32-20-7-2-1-4-15(20)12-17-22(30)28-24(33)29(23(17)31)19-6-3-5-18(26)21(19)27/h1-12H,13H2,(H,28,30,33)/b17-12+. The quantitative estimate of drug-likeness (QED) is 0.230. The van der Waals surface area contributed by atoms with Crippen LogP contribution in [0.4, 0.5) is 5.69 Å². The highest BCUT2D eigenvalue weighted by molar-refractivity contribution is 9.10. The van der Waals surface area contributed by atoms with Crippen molar-refractivity contribution in [2.24, 2.45) is 0 Å². The van der Waals surface area contributed by atoms with Crippen LogP contribution in [0.1, 0.15) is 11.1 Å². The molecule has 0 bridgehead atoms. The Morgan fingerprint density at radius 1 is 1.00 bits per heavy atom. The summed E-state index contributed by atoms with van der Waals surface area (Å²) in [6.45, 7) is 0.321. The number of rotatable bonds is 5. The van der Waals surface area contributed by atoms with Gasteiger partial charge in [0.25, 0.3) is 11.8 Å². The van der Waals surface area contributed by atoms with E-state index >= 15 is 0 Å². The molecule has 1 heterocycles. The second kappa shape index (κ2) is 10.1. The molecule has 0 radical (unpaired) electrons. The number of benzene rings is 3. The normalized spacial score (nSPS) is 15.1. The van der Waals surface area contributed by atoms with E-state index in [4.69, 9.17) is 40.2 Å². The van der Waals surface area contributed by atoms with E-state index in [0.29, 0.717) is 17.9 Å². The Morgan fingerprint density at radius 2 is 1.73 bits per heavy atom. The molecule has 0 unspecified atom stereocenters. The van der Waals surface area contributed by atoms with Crippen LogP contribution >= 0.6 is 51.3 Å². The summed E-state index contributed by atoms with van der Waals surface area (Å²) in [5, 5.41) is 2.88. The van der Waals surface area contributed by atoms with Gasteiger partial charge in [-0.3, -0.25) is 19.8 Å². The molecule has 166 valence electrons. The van der Waals surface area contributed by atoms with Gasteiger partial charge in [0.05, 0.1) is 15.7 Å². The second-order valence-electron chi connectivity index (χ2n) is 6.98. The number of ether oxygens (including phenoxy) is 1. The number of nitrogens with one attached hydrogen (secondary N) is 1. The van der Waals surface area contributed by atoms with Crippen LogP contribution in [0.5, 0.6) is 5.75 Å². The Balaban J connectivity index is 1.66. The lowest BCUT2D eigenvalue weighted by Crippen LogP contribution is -2.54. The van der Waals surface area contributed by atoms with Crippen LogP contribution in [0.3, 0.4) is 0 Å². The largest absolute Gasteiger partial charge is 0.488 e. The van der Waals surface area contributed by atoms with E-state index in [0.717, 1.165) is 14.9 Å². The Hall–Kier alpha value is -2.71. The third-order valence-electron chi connectivity index (χ3n) is 4.80.